The van der Waals surface area contributed by atoms with Crippen molar-refractivity contribution in [3.05, 3.63) is 30.3 Å². The van der Waals surface area contributed by atoms with Gasteiger partial charge in [0.05, 0.1) is 6.26 Å². The van der Waals surface area contributed by atoms with E-state index in [1.165, 1.54) is 10.6 Å². The van der Waals surface area contributed by atoms with Crippen LogP contribution < -0.4 is 4.90 Å². The molecule has 1 aromatic rings. The molecule has 0 heterocycles. The third-order valence-corrected chi connectivity index (χ3v) is 4.94. The molecule has 1 saturated carbocycles. The Hall–Kier alpha value is -1.40. The van der Waals surface area contributed by atoms with E-state index in [1.807, 2.05) is 37.3 Å². The zero-order valence-corrected chi connectivity index (χ0v) is 13.3. The summed E-state index contributed by atoms with van der Waals surface area (Å²) in [5.74, 6) is -0.0435. The van der Waals surface area contributed by atoms with Crippen LogP contribution in [0, 0.1) is 0 Å². The van der Waals surface area contributed by atoms with Crippen LogP contribution in [-0.4, -0.2) is 44.0 Å². The lowest BCUT2D eigenvalue weighted by Crippen LogP contribution is -2.37. The van der Waals surface area contributed by atoms with Crippen molar-refractivity contribution >= 4 is 21.6 Å². The maximum Gasteiger partial charge on any atom is 0.228 e. The fourth-order valence-corrected chi connectivity index (χ4v) is 3.61. The predicted molar refractivity (Wildman–Crippen MR) is 83.7 cm³/mol. The van der Waals surface area contributed by atoms with Crippen LogP contribution in [0.1, 0.15) is 26.2 Å². The minimum absolute atomic E-state index is 0.0435. The smallest absolute Gasteiger partial charge is 0.228 e. The van der Waals surface area contributed by atoms with E-state index >= 15 is 0 Å². The highest BCUT2D eigenvalue weighted by atomic mass is 32.2. The number of sulfonamides is 1. The lowest BCUT2D eigenvalue weighted by molar-refractivity contribution is -0.118. The molecule has 2 rings (SSSR count). The number of para-hydroxylation sites is 1. The number of amides is 1. The van der Waals surface area contributed by atoms with Crippen LogP contribution in [0.15, 0.2) is 30.3 Å². The Balaban J connectivity index is 2.00. The van der Waals surface area contributed by atoms with Gasteiger partial charge in [-0.3, -0.25) is 4.79 Å². The van der Waals surface area contributed by atoms with E-state index in [0.717, 1.165) is 18.5 Å². The third kappa shape index (κ3) is 4.28. The van der Waals surface area contributed by atoms with E-state index < -0.39 is 10.0 Å². The first-order valence-electron chi connectivity index (χ1n) is 7.25. The summed E-state index contributed by atoms with van der Waals surface area (Å²) in [6, 6.07) is 9.55. The van der Waals surface area contributed by atoms with Crippen molar-refractivity contribution in [1.29, 1.82) is 0 Å². The minimum atomic E-state index is -3.23. The summed E-state index contributed by atoms with van der Waals surface area (Å²) in [4.78, 5) is 14.0. The monoisotopic (exact) mass is 310 g/mol. The standard InChI is InChI=1S/C15H22N2O3S/c1-3-16(13-7-5-4-6-8-13)15(18)11-12-17(14-9-10-14)21(2,19)20/h4-8,14H,3,9-12H2,1-2H3. The normalized spacial score (nSPS) is 15.2. The number of carbonyl (C=O) groups excluding carboxylic acids is 1. The molecule has 0 aliphatic heterocycles. The highest BCUT2D eigenvalue weighted by Gasteiger charge is 2.35. The van der Waals surface area contributed by atoms with Crippen LogP contribution in [0.2, 0.25) is 0 Å². The topological polar surface area (TPSA) is 57.7 Å². The van der Waals surface area contributed by atoms with Gasteiger partial charge in [0.2, 0.25) is 15.9 Å². The summed E-state index contributed by atoms with van der Waals surface area (Å²) in [6.45, 7) is 2.76. The Labute approximate surface area is 126 Å². The number of anilines is 1. The summed E-state index contributed by atoms with van der Waals surface area (Å²) < 4.78 is 24.9. The Morgan fingerprint density at radius 1 is 1.24 bits per heavy atom. The minimum Gasteiger partial charge on any atom is -0.313 e. The highest BCUT2D eigenvalue weighted by molar-refractivity contribution is 7.88. The van der Waals surface area contributed by atoms with E-state index in [0.29, 0.717) is 6.54 Å². The van der Waals surface area contributed by atoms with Crippen LogP contribution in [0.3, 0.4) is 0 Å². The summed E-state index contributed by atoms with van der Waals surface area (Å²) in [6.07, 6.45) is 3.23. The van der Waals surface area contributed by atoms with E-state index in [-0.39, 0.29) is 24.9 Å². The average Bonchev–Trinajstić information content (AvgIpc) is 3.24. The lowest BCUT2D eigenvalue weighted by Gasteiger charge is -2.24. The van der Waals surface area contributed by atoms with Crippen molar-refractivity contribution in [2.75, 3.05) is 24.2 Å². The quantitative estimate of drug-likeness (QED) is 0.772. The van der Waals surface area contributed by atoms with Crippen molar-refractivity contribution < 1.29 is 13.2 Å². The average molecular weight is 310 g/mol. The molecule has 21 heavy (non-hydrogen) atoms. The SMILES string of the molecule is CCN(C(=O)CCN(C1CC1)S(C)(=O)=O)c1ccccc1. The molecule has 0 aromatic heterocycles. The van der Waals surface area contributed by atoms with Gasteiger partial charge in [-0.15, -0.1) is 0 Å². The number of nitrogens with zero attached hydrogens (tertiary/aromatic N) is 2. The number of benzene rings is 1. The fourth-order valence-electron chi connectivity index (χ4n) is 2.43. The Kier molecular flexibility index (Phi) is 5.00. The lowest BCUT2D eigenvalue weighted by atomic mass is 10.2. The molecule has 0 atom stereocenters. The third-order valence-electron chi connectivity index (χ3n) is 3.61. The first-order valence-corrected chi connectivity index (χ1v) is 9.10. The van der Waals surface area contributed by atoms with Crippen LogP contribution in [0.5, 0.6) is 0 Å². The van der Waals surface area contributed by atoms with Gasteiger partial charge in [-0.05, 0) is 31.9 Å². The van der Waals surface area contributed by atoms with Crippen LogP contribution in [-0.2, 0) is 14.8 Å². The Morgan fingerprint density at radius 3 is 2.33 bits per heavy atom. The molecule has 1 aromatic carbocycles. The molecular formula is C15H22N2O3S. The molecule has 6 heteroatoms. The van der Waals surface area contributed by atoms with Gasteiger partial charge >= 0.3 is 0 Å². The Morgan fingerprint density at radius 2 is 1.86 bits per heavy atom. The summed E-state index contributed by atoms with van der Waals surface area (Å²) in [5, 5.41) is 0. The molecule has 1 amide bonds. The van der Waals surface area contributed by atoms with Gasteiger partial charge in [0, 0.05) is 31.2 Å². The predicted octanol–water partition coefficient (Wildman–Crippen LogP) is 1.85. The van der Waals surface area contributed by atoms with Crippen molar-refractivity contribution in [2.24, 2.45) is 0 Å². The Bertz CT molecular complexity index is 582. The molecule has 0 bridgehead atoms. The molecule has 116 valence electrons. The second kappa shape index (κ2) is 6.58. The van der Waals surface area contributed by atoms with Gasteiger partial charge in [0.15, 0.2) is 0 Å². The summed E-state index contributed by atoms with van der Waals surface area (Å²) in [5.41, 5.74) is 0.849. The first kappa shape index (κ1) is 16.0. The van der Waals surface area contributed by atoms with Gasteiger partial charge in [-0.2, -0.15) is 4.31 Å². The first-order chi connectivity index (χ1) is 9.93. The molecule has 0 spiro atoms. The van der Waals surface area contributed by atoms with Gasteiger partial charge < -0.3 is 4.90 Å². The molecule has 5 nitrogen and oxygen atoms in total. The summed E-state index contributed by atoms with van der Waals surface area (Å²) >= 11 is 0. The van der Waals surface area contributed by atoms with Crippen LogP contribution in [0.4, 0.5) is 5.69 Å². The van der Waals surface area contributed by atoms with Crippen molar-refractivity contribution in [3.8, 4) is 0 Å². The largest absolute Gasteiger partial charge is 0.313 e. The van der Waals surface area contributed by atoms with Gasteiger partial charge in [0.1, 0.15) is 0 Å². The molecular weight excluding hydrogens is 288 g/mol. The molecule has 1 fully saturated rings. The number of hydrogen-bond donors (Lipinski definition) is 0. The molecule has 1 aliphatic carbocycles. The molecule has 1 aliphatic rings. The van der Waals surface area contributed by atoms with E-state index in [1.54, 1.807) is 4.90 Å². The van der Waals surface area contributed by atoms with Crippen molar-refractivity contribution in [1.82, 2.24) is 4.31 Å². The zero-order chi connectivity index (χ0) is 15.5. The van der Waals surface area contributed by atoms with Gasteiger partial charge in [-0.1, -0.05) is 18.2 Å². The van der Waals surface area contributed by atoms with Gasteiger partial charge in [-0.25, -0.2) is 8.42 Å². The summed E-state index contributed by atoms with van der Waals surface area (Å²) in [7, 11) is -3.23. The van der Waals surface area contributed by atoms with E-state index in [4.69, 9.17) is 0 Å². The van der Waals surface area contributed by atoms with Crippen LogP contribution >= 0.6 is 0 Å². The highest BCUT2D eigenvalue weighted by Crippen LogP contribution is 2.29. The number of hydrogen-bond acceptors (Lipinski definition) is 3. The van der Waals surface area contributed by atoms with E-state index in [9.17, 15) is 13.2 Å². The zero-order valence-electron chi connectivity index (χ0n) is 12.5. The molecule has 0 radical (unpaired) electrons. The van der Waals surface area contributed by atoms with Crippen LogP contribution in [0.25, 0.3) is 0 Å². The second-order valence-electron chi connectivity index (χ2n) is 5.33. The fraction of sp³-hybridized carbons (Fsp3) is 0.533. The maximum absolute atomic E-state index is 12.4. The molecule has 0 unspecified atom stereocenters. The van der Waals surface area contributed by atoms with Crippen molar-refractivity contribution in [2.45, 2.75) is 32.2 Å². The number of rotatable bonds is 7. The van der Waals surface area contributed by atoms with E-state index in [2.05, 4.69) is 0 Å². The molecule has 0 saturated heterocycles. The van der Waals surface area contributed by atoms with Gasteiger partial charge in [0.25, 0.3) is 0 Å². The molecule has 0 N–H and O–H groups in total. The number of carbonyl (C=O) groups is 1. The van der Waals surface area contributed by atoms with Crippen molar-refractivity contribution in [3.63, 3.8) is 0 Å². The maximum atomic E-state index is 12.4. The second-order valence-corrected chi connectivity index (χ2v) is 7.26.